The van der Waals surface area contributed by atoms with E-state index in [4.69, 9.17) is 14.2 Å². The second-order valence-electron chi connectivity index (χ2n) is 6.57. The fourth-order valence-corrected chi connectivity index (χ4v) is 3.72. The molecule has 7 nitrogen and oxygen atoms in total. The number of hydrogen-bond donors (Lipinski definition) is 1. The second-order valence-corrected chi connectivity index (χ2v) is 8.25. The molecule has 0 bridgehead atoms. The molecule has 0 spiro atoms. The fraction of sp³-hybridized carbons (Fsp3) is 0.125. The molecule has 0 radical (unpaired) electrons. The van der Waals surface area contributed by atoms with Gasteiger partial charge in [-0.2, -0.15) is 0 Å². The molecule has 0 heterocycles. The molecule has 0 aliphatic heterocycles. The Morgan fingerprint density at radius 2 is 1.56 bits per heavy atom. The van der Waals surface area contributed by atoms with Crippen molar-refractivity contribution in [1.29, 1.82) is 0 Å². The third-order valence-corrected chi connectivity index (χ3v) is 5.68. The molecule has 3 aromatic carbocycles. The van der Waals surface area contributed by atoms with Gasteiger partial charge in [-0.25, -0.2) is 13.2 Å². The second kappa shape index (κ2) is 11.0. The SMILES string of the molecule is COc1ccc(NS(=O)(=O)c2ccc(/C=C/C(=O)OCCOc3ccccc3)cc2)cc1. The number of esters is 1. The largest absolute Gasteiger partial charge is 0.497 e. The Labute approximate surface area is 187 Å². The van der Waals surface area contributed by atoms with Crippen molar-refractivity contribution in [2.75, 3.05) is 25.0 Å². The number of carbonyl (C=O) groups excluding carboxylic acids is 1. The van der Waals surface area contributed by atoms with E-state index >= 15 is 0 Å². The first-order valence-corrected chi connectivity index (χ1v) is 11.2. The topological polar surface area (TPSA) is 90.9 Å². The minimum Gasteiger partial charge on any atom is -0.497 e. The van der Waals surface area contributed by atoms with Gasteiger partial charge >= 0.3 is 5.97 Å². The number of nitrogens with one attached hydrogen (secondary N) is 1. The zero-order valence-electron chi connectivity index (χ0n) is 17.4. The molecular formula is C24H23NO6S. The summed E-state index contributed by atoms with van der Waals surface area (Å²) in [5, 5.41) is 0. The van der Waals surface area contributed by atoms with E-state index in [9.17, 15) is 13.2 Å². The lowest BCUT2D eigenvalue weighted by Gasteiger charge is -2.09. The van der Waals surface area contributed by atoms with Crippen molar-refractivity contribution in [3.63, 3.8) is 0 Å². The maximum absolute atomic E-state index is 12.5. The minimum atomic E-state index is -3.74. The lowest BCUT2D eigenvalue weighted by molar-refractivity contribution is -0.138. The molecule has 0 saturated carbocycles. The molecule has 166 valence electrons. The highest BCUT2D eigenvalue weighted by Crippen LogP contribution is 2.20. The van der Waals surface area contributed by atoms with E-state index in [1.165, 1.54) is 25.3 Å². The Morgan fingerprint density at radius 1 is 0.875 bits per heavy atom. The highest BCUT2D eigenvalue weighted by molar-refractivity contribution is 7.92. The predicted molar refractivity (Wildman–Crippen MR) is 122 cm³/mol. The van der Waals surface area contributed by atoms with Crippen LogP contribution in [0.4, 0.5) is 5.69 Å². The number of ether oxygens (including phenoxy) is 3. The lowest BCUT2D eigenvalue weighted by Crippen LogP contribution is -2.12. The summed E-state index contributed by atoms with van der Waals surface area (Å²) in [6, 6.07) is 21.9. The van der Waals surface area contributed by atoms with Crippen molar-refractivity contribution in [2.24, 2.45) is 0 Å². The summed E-state index contributed by atoms with van der Waals surface area (Å²) in [5.41, 5.74) is 1.08. The average molecular weight is 454 g/mol. The molecule has 0 amide bonds. The van der Waals surface area contributed by atoms with Gasteiger partial charge in [0.25, 0.3) is 10.0 Å². The van der Waals surface area contributed by atoms with Crippen molar-refractivity contribution >= 4 is 27.8 Å². The normalized spacial score (nSPS) is 11.2. The summed E-state index contributed by atoms with van der Waals surface area (Å²) in [5.74, 6) is 0.821. The highest BCUT2D eigenvalue weighted by atomic mass is 32.2. The quantitative estimate of drug-likeness (QED) is 0.282. The van der Waals surface area contributed by atoms with E-state index in [1.807, 2.05) is 30.3 Å². The van der Waals surface area contributed by atoms with Gasteiger partial charge < -0.3 is 14.2 Å². The van der Waals surface area contributed by atoms with Gasteiger partial charge in [-0.15, -0.1) is 0 Å². The minimum absolute atomic E-state index is 0.103. The molecule has 32 heavy (non-hydrogen) atoms. The van der Waals surface area contributed by atoms with Gasteiger partial charge in [0.2, 0.25) is 0 Å². The number of rotatable bonds is 10. The molecule has 0 unspecified atom stereocenters. The van der Waals surface area contributed by atoms with Crippen LogP contribution in [0.2, 0.25) is 0 Å². The number of methoxy groups -OCH3 is 1. The summed E-state index contributed by atoms with van der Waals surface area (Å²) in [6.07, 6.45) is 2.83. The van der Waals surface area contributed by atoms with Crippen LogP contribution >= 0.6 is 0 Å². The maximum Gasteiger partial charge on any atom is 0.330 e. The number of benzene rings is 3. The van der Waals surface area contributed by atoms with Crippen LogP contribution in [0.25, 0.3) is 6.08 Å². The van der Waals surface area contributed by atoms with Crippen LogP contribution in [0.3, 0.4) is 0 Å². The van der Waals surface area contributed by atoms with Crippen LogP contribution in [0.15, 0.2) is 89.8 Å². The first-order chi connectivity index (χ1) is 15.5. The third kappa shape index (κ3) is 6.88. The number of anilines is 1. The van der Waals surface area contributed by atoms with E-state index in [0.29, 0.717) is 22.7 Å². The van der Waals surface area contributed by atoms with Crippen LogP contribution in [-0.4, -0.2) is 34.7 Å². The predicted octanol–water partition coefficient (Wildman–Crippen LogP) is 4.13. The first kappa shape index (κ1) is 22.9. The van der Waals surface area contributed by atoms with E-state index in [1.54, 1.807) is 42.5 Å². The Morgan fingerprint density at radius 3 is 2.22 bits per heavy atom. The van der Waals surface area contributed by atoms with Crippen LogP contribution in [0, 0.1) is 0 Å². The van der Waals surface area contributed by atoms with Crippen LogP contribution in [-0.2, 0) is 19.6 Å². The van der Waals surface area contributed by atoms with E-state index < -0.39 is 16.0 Å². The molecule has 0 aromatic heterocycles. The van der Waals surface area contributed by atoms with E-state index in [-0.39, 0.29) is 18.1 Å². The number of hydrogen-bond acceptors (Lipinski definition) is 6. The molecular weight excluding hydrogens is 430 g/mol. The highest BCUT2D eigenvalue weighted by Gasteiger charge is 2.14. The van der Waals surface area contributed by atoms with E-state index in [2.05, 4.69) is 4.72 Å². The molecule has 0 fully saturated rings. The standard InChI is InChI=1S/C24H23NO6S/c1-29-21-12-10-20(11-13-21)25-32(27,28)23-14-7-19(8-15-23)9-16-24(26)31-18-17-30-22-5-3-2-4-6-22/h2-16,25H,17-18H2,1H3/b16-9+. The van der Waals surface area contributed by atoms with Gasteiger partial charge in [0.05, 0.1) is 12.0 Å². The number of para-hydroxylation sites is 1. The smallest absolute Gasteiger partial charge is 0.330 e. The van der Waals surface area contributed by atoms with E-state index in [0.717, 1.165) is 0 Å². The first-order valence-electron chi connectivity index (χ1n) is 9.76. The van der Waals surface area contributed by atoms with Crippen LogP contribution in [0.1, 0.15) is 5.56 Å². The van der Waals surface area contributed by atoms with Gasteiger partial charge in [-0.3, -0.25) is 4.72 Å². The third-order valence-electron chi connectivity index (χ3n) is 4.28. The molecule has 3 aromatic rings. The molecule has 0 aliphatic carbocycles. The number of sulfonamides is 1. The average Bonchev–Trinajstić information content (AvgIpc) is 2.82. The Bertz CT molecular complexity index is 1140. The van der Waals surface area contributed by atoms with Gasteiger partial charge in [0.1, 0.15) is 24.7 Å². The van der Waals surface area contributed by atoms with Crippen LogP contribution < -0.4 is 14.2 Å². The molecule has 8 heteroatoms. The monoisotopic (exact) mass is 453 g/mol. The van der Waals surface area contributed by atoms with Crippen LogP contribution in [0.5, 0.6) is 11.5 Å². The zero-order valence-corrected chi connectivity index (χ0v) is 18.2. The van der Waals surface area contributed by atoms with Gasteiger partial charge in [0.15, 0.2) is 0 Å². The van der Waals surface area contributed by atoms with Gasteiger partial charge in [-0.1, -0.05) is 30.3 Å². The maximum atomic E-state index is 12.5. The van der Waals surface area contributed by atoms with Crippen molar-refractivity contribution < 1.29 is 27.4 Å². The van der Waals surface area contributed by atoms with Gasteiger partial charge in [-0.05, 0) is 60.2 Å². The molecule has 0 saturated heterocycles. The lowest BCUT2D eigenvalue weighted by atomic mass is 10.2. The summed E-state index contributed by atoms with van der Waals surface area (Å²) >= 11 is 0. The summed E-state index contributed by atoms with van der Waals surface area (Å²) in [6.45, 7) is 0.365. The Hall–Kier alpha value is -3.78. The summed E-state index contributed by atoms with van der Waals surface area (Å²) in [4.78, 5) is 11.9. The van der Waals surface area contributed by atoms with Crippen molar-refractivity contribution in [1.82, 2.24) is 0 Å². The van der Waals surface area contributed by atoms with Crippen molar-refractivity contribution in [2.45, 2.75) is 4.90 Å². The molecule has 0 aliphatic rings. The fourth-order valence-electron chi connectivity index (χ4n) is 2.66. The Balaban J connectivity index is 1.49. The Kier molecular flexibility index (Phi) is 7.88. The number of carbonyl (C=O) groups is 1. The molecule has 3 rings (SSSR count). The van der Waals surface area contributed by atoms with Crippen molar-refractivity contribution in [3.05, 3.63) is 90.5 Å². The van der Waals surface area contributed by atoms with Gasteiger partial charge in [0, 0.05) is 11.8 Å². The molecule has 0 atom stereocenters. The summed E-state index contributed by atoms with van der Waals surface area (Å²) in [7, 11) is -2.20. The zero-order chi connectivity index (χ0) is 22.8. The summed E-state index contributed by atoms with van der Waals surface area (Å²) < 4.78 is 43.2. The molecule has 1 N–H and O–H groups in total. The van der Waals surface area contributed by atoms with Crippen molar-refractivity contribution in [3.8, 4) is 11.5 Å².